The standard InChI is InChI=1S/C30H36BrN3O4S/c1-22-11-9-10-14-24(22)20-33(27(29(36)32-30(2,3)4)19-23-12-7-6-8-13-23)28(35)21-34(39(5,37)38)26-17-15-25(31)16-18-26/h6-18,27H,19-21H2,1-5H3,(H,32,36). The van der Waals surface area contributed by atoms with E-state index in [2.05, 4.69) is 21.2 Å². The quantitative estimate of drug-likeness (QED) is 0.345. The lowest BCUT2D eigenvalue weighted by Crippen LogP contribution is -2.56. The van der Waals surface area contributed by atoms with Gasteiger partial charge in [-0.15, -0.1) is 0 Å². The maximum absolute atomic E-state index is 14.1. The SMILES string of the molecule is Cc1ccccc1CN(C(=O)CN(c1ccc(Br)cc1)S(C)(=O)=O)C(Cc1ccccc1)C(=O)NC(C)(C)C. The van der Waals surface area contributed by atoms with E-state index >= 15 is 0 Å². The van der Waals surface area contributed by atoms with Gasteiger partial charge in [-0.2, -0.15) is 0 Å². The second-order valence-electron chi connectivity index (χ2n) is 10.6. The Morgan fingerprint density at radius 3 is 2.08 bits per heavy atom. The normalized spacial score (nSPS) is 12.5. The van der Waals surface area contributed by atoms with Crippen LogP contribution in [0.25, 0.3) is 0 Å². The highest BCUT2D eigenvalue weighted by Gasteiger charge is 2.34. The summed E-state index contributed by atoms with van der Waals surface area (Å²) in [5, 5.41) is 3.03. The van der Waals surface area contributed by atoms with Crippen LogP contribution < -0.4 is 9.62 Å². The van der Waals surface area contributed by atoms with Gasteiger partial charge in [0.15, 0.2) is 0 Å². The number of rotatable bonds is 10. The lowest BCUT2D eigenvalue weighted by Gasteiger charge is -2.35. The molecule has 1 N–H and O–H groups in total. The molecule has 3 aromatic rings. The van der Waals surface area contributed by atoms with Crippen molar-refractivity contribution in [2.75, 3.05) is 17.1 Å². The van der Waals surface area contributed by atoms with Gasteiger partial charge in [-0.05, 0) is 68.7 Å². The zero-order valence-corrected chi connectivity index (χ0v) is 25.4. The minimum absolute atomic E-state index is 0.151. The Morgan fingerprint density at radius 1 is 0.923 bits per heavy atom. The summed E-state index contributed by atoms with van der Waals surface area (Å²) in [5.41, 5.74) is 2.57. The Kier molecular flexibility index (Phi) is 9.96. The van der Waals surface area contributed by atoms with Crippen LogP contribution in [0.4, 0.5) is 5.69 Å². The predicted octanol–water partition coefficient (Wildman–Crippen LogP) is 5.08. The molecule has 0 fully saturated rings. The number of halogens is 1. The van der Waals surface area contributed by atoms with Crippen molar-refractivity contribution in [1.29, 1.82) is 0 Å². The molecule has 0 aliphatic heterocycles. The molecule has 0 saturated heterocycles. The third kappa shape index (κ3) is 8.93. The molecule has 0 aliphatic carbocycles. The van der Waals surface area contributed by atoms with Gasteiger partial charge in [0.2, 0.25) is 21.8 Å². The number of sulfonamides is 1. The van der Waals surface area contributed by atoms with E-state index in [0.29, 0.717) is 5.69 Å². The summed E-state index contributed by atoms with van der Waals surface area (Å²) in [6.07, 6.45) is 1.35. The van der Waals surface area contributed by atoms with Gasteiger partial charge in [-0.3, -0.25) is 13.9 Å². The predicted molar refractivity (Wildman–Crippen MR) is 160 cm³/mol. The fourth-order valence-electron chi connectivity index (χ4n) is 4.20. The molecule has 7 nitrogen and oxygen atoms in total. The molecule has 0 saturated carbocycles. The van der Waals surface area contributed by atoms with Crippen LogP contribution in [0.15, 0.2) is 83.3 Å². The highest BCUT2D eigenvalue weighted by atomic mass is 79.9. The molecule has 0 radical (unpaired) electrons. The van der Waals surface area contributed by atoms with E-state index in [1.807, 2.05) is 82.3 Å². The third-order valence-electron chi connectivity index (χ3n) is 6.17. The smallest absolute Gasteiger partial charge is 0.244 e. The molecule has 0 bridgehead atoms. The number of carbonyl (C=O) groups is 2. The van der Waals surface area contributed by atoms with E-state index < -0.39 is 34.1 Å². The molecule has 9 heteroatoms. The lowest BCUT2D eigenvalue weighted by molar-refractivity contribution is -0.140. The molecular formula is C30H36BrN3O4S. The van der Waals surface area contributed by atoms with Crippen LogP contribution in [0.5, 0.6) is 0 Å². The highest BCUT2D eigenvalue weighted by molar-refractivity contribution is 9.10. The number of carbonyl (C=O) groups excluding carboxylic acids is 2. The Labute approximate surface area is 240 Å². The fraction of sp³-hybridized carbons (Fsp3) is 0.333. The van der Waals surface area contributed by atoms with Crippen molar-refractivity contribution in [3.63, 3.8) is 0 Å². The third-order valence-corrected chi connectivity index (χ3v) is 7.83. The Balaban J connectivity index is 2.08. The van der Waals surface area contributed by atoms with Gasteiger partial charge in [0.05, 0.1) is 11.9 Å². The molecule has 1 unspecified atom stereocenters. The summed E-state index contributed by atoms with van der Waals surface area (Å²) < 4.78 is 27.5. The number of nitrogens with zero attached hydrogens (tertiary/aromatic N) is 2. The van der Waals surface area contributed by atoms with Crippen LogP contribution >= 0.6 is 15.9 Å². The van der Waals surface area contributed by atoms with Gasteiger partial charge in [-0.25, -0.2) is 8.42 Å². The minimum atomic E-state index is -3.80. The first-order valence-electron chi connectivity index (χ1n) is 12.7. The summed E-state index contributed by atoms with van der Waals surface area (Å²) in [6, 6.07) is 23.0. The second kappa shape index (κ2) is 12.8. The summed E-state index contributed by atoms with van der Waals surface area (Å²) in [5.74, 6) is -0.778. The molecule has 2 amide bonds. The zero-order valence-electron chi connectivity index (χ0n) is 23.0. The van der Waals surface area contributed by atoms with Crippen molar-refractivity contribution >= 4 is 43.5 Å². The van der Waals surface area contributed by atoms with Crippen LogP contribution in [0.1, 0.15) is 37.5 Å². The van der Waals surface area contributed by atoms with E-state index in [-0.39, 0.29) is 18.9 Å². The fourth-order valence-corrected chi connectivity index (χ4v) is 5.31. The Bertz CT molecular complexity index is 1390. The first-order valence-corrected chi connectivity index (χ1v) is 15.3. The molecule has 3 rings (SSSR count). The lowest BCUT2D eigenvalue weighted by atomic mass is 10.00. The van der Waals surface area contributed by atoms with Crippen LogP contribution in [-0.2, 0) is 32.6 Å². The maximum atomic E-state index is 14.1. The second-order valence-corrected chi connectivity index (χ2v) is 13.5. The molecule has 3 aromatic carbocycles. The maximum Gasteiger partial charge on any atom is 0.244 e. The zero-order chi connectivity index (χ0) is 28.8. The number of aryl methyl sites for hydroxylation is 1. The van der Waals surface area contributed by atoms with Crippen LogP contribution in [0, 0.1) is 6.92 Å². The first kappa shape index (κ1) is 30.4. The van der Waals surface area contributed by atoms with Crippen LogP contribution in [0.3, 0.4) is 0 Å². The number of nitrogens with one attached hydrogen (secondary N) is 1. The van der Waals surface area contributed by atoms with Crippen molar-refractivity contribution < 1.29 is 18.0 Å². The summed E-state index contributed by atoms with van der Waals surface area (Å²) in [6.45, 7) is 7.31. The topological polar surface area (TPSA) is 86.8 Å². The molecule has 0 heterocycles. The number of hydrogen-bond donors (Lipinski definition) is 1. The van der Waals surface area contributed by atoms with Gasteiger partial charge in [0.1, 0.15) is 12.6 Å². The van der Waals surface area contributed by atoms with Crippen molar-refractivity contribution in [1.82, 2.24) is 10.2 Å². The molecule has 1 atom stereocenters. The van der Waals surface area contributed by atoms with Gasteiger partial charge < -0.3 is 10.2 Å². The highest BCUT2D eigenvalue weighted by Crippen LogP contribution is 2.23. The summed E-state index contributed by atoms with van der Waals surface area (Å²) >= 11 is 3.37. The van der Waals surface area contributed by atoms with E-state index in [9.17, 15) is 18.0 Å². The first-order chi connectivity index (χ1) is 18.2. The number of anilines is 1. The van der Waals surface area contributed by atoms with E-state index in [1.165, 1.54) is 4.90 Å². The molecule has 39 heavy (non-hydrogen) atoms. The Hall–Kier alpha value is -3.17. The number of benzene rings is 3. The molecule has 208 valence electrons. The van der Waals surface area contributed by atoms with Crippen LogP contribution in [0.2, 0.25) is 0 Å². The van der Waals surface area contributed by atoms with Crippen molar-refractivity contribution in [2.24, 2.45) is 0 Å². The Morgan fingerprint density at radius 2 is 1.51 bits per heavy atom. The number of hydrogen-bond acceptors (Lipinski definition) is 4. The van der Waals surface area contributed by atoms with Gasteiger partial charge in [0.25, 0.3) is 0 Å². The van der Waals surface area contributed by atoms with Gasteiger partial charge in [-0.1, -0.05) is 70.5 Å². The van der Waals surface area contributed by atoms with E-state index in [4.69, 9.17) is 0 Å². The van der Waals surface area contributed by atoms with Crippen molar-refractivity contribution in [3.8, 4) is 0 Å². The van der Waals surface area contributed by atoms with Crippen molar-refractivity contribution in [3.05, 3.63) is 100 Å². The monoisotopic (exact) mass is 613 g/mol. The molecular weight excluding hydrogens is 578 g/mol. The summed E-state index contributed by atoms with van der Waals surface area (Å²) in [4.78, 5) is 29.3. The number of amides is 2. The average molecular weight is 615 g/mol. The van der Waals surface area contributed by atoms with Gasteiger partial charge >= 0.3 is 0 Å². The molecule has 0 aliphatic rings. The van der Waals surface area contributed by atoms with Crippen LogP contribution in [-0.4, -0.2) is 49.5 Å². The largest absolute Gasteiger partial charge is 0.350 e. The molecule has 0 aromatic heterocycles. The minimum Gasteiger partial charge on any atom is -0.350 e. The van der Waals surface area contributed by atoms with Crippen molar-refractivity contribution in [2.45, 2.75) is 52.2 Å². The average Bonchev–Trinajstić information content (AvgIpc) is 2.85. The van der Waals surface area contributed by atoms with E-state index in [0.717, 1.165) is 31.7 Å². The van der Waals surface area contributed by atoms with E-state index in [1.54, 1.807) is 24.3 Å². The van der Waals surface area contributed by atoms with Gasteiger partial charge in [0, 0.05) is 23.0 Å². The molecule has 0 spiro atoms. The summed E-state index contributed by atoms with van der Waals surface area (Å²) in [7, 11) is -3.80.